The Balaban J connectivity index is 1.58. The van der Waals surface area contributed by atoms with E-state index in [1.54, 1.807) is 0 Å². The molecule has 0 saturated carbocycles. The van der Waals surface area contributed by atoms with Crippen molar-refractivity contribution in [1.29, 1.82) is 0 Å². The van der Waals surface area contributed by atoms with Crippen molar-refractivity contribution in [3.63, 3.8) is 0 Å². The number of carbonyl (C=O) groups excluding carboxylic acids is 1. The van der Waals surface area contributed by atoms with Gasteiger partial charge in [0.2, 0.25) is 5.91 Å². The van der Waals surface area contributed by atoms with Crippen LogP contribution in [-0.2, 0) is 17.9 Å². The predicted octanol–water partition coefficient (Wildman–Crippen LogP) is 2.02. The smallest absolute Gasteiger partial charge is 0.222 e. The molecule has 3 rings (SSSR count). The van der Waals surface area contributed by atoms with Crippen LogP contribution in [0.25, 0.3) is 0 Å². The molecule has 0 aromatic heterocycles. The molecule has 1 aromatic rings. The van der Waals surface area contributed by atoms with Crippen LogP contribution < -0.4 is 4.74 Å². The van der Waals surface area contributed by atoms with Gasteiger partial charge in [0.25, 0.3) is 0 Å². The summed E-state index contributed by atoms with van der Waals surface area (Å²) in [5.41, 5.74) is 1.85. The normalized spacial score (nSPS) is 21.8. The minimum absolute atomic E-state index is 0.0103. The highest BCUT2D eigenvalue weighted by molar-refractivity contribution is 5.76. The van der Waals surface area contributed by atoms with Crippen molar-refractivity contribution in [2.75, 3.05) is 33.3 Å². The molecule has 0 aliphatic carbocycles. The zero-order valence-corrected chi connectivity index (χ0v) is 14.5. The Morgan fingerprint density at radius 2 is 2.25 bits per heavy atom. The summed E-state index contributed by atoms with van der Waals surface area (Å²) in [6.45, 7) is 4.04. The highest BCUT2D eigenvalue weighted by Gasteiger charge is 2.22. The van der Waals surface area contributed by atoms with Crippen LogP contribution in [0, 0.1) is 5.92 Å². The lowest BCUT2D eigenvalue weighted by Crippen LogP contribution is -2.35. The average Bonchev–Trinajstić information content (AvgIpc) is 2.81. The summed E-state index contributed by atoms with van der Waals surface area (Å²) < 4.78 is 5.75. The number of amides is 1. The molecule has 132 valence electrons. The molecule has 1 aromatic carbocycles. The summed E-state index contributed by atoms with van der Waals surface area (Å²) in [5.74, 6) is 1.69. The van der Waals surface area contributed by atoms with E-state index in [0.29, 0.717) is 32.0 Å². The number of hydrogen-bond acceptors (Lipinski definition) is 4. The summed E-state index contributed by atoms with van der Waals surface area (Å²) in [6.07, 6.45) is 4.07. The number of piperidine rings is 1. The molecule has 0 unspecified atom stereocenters. The number of benzene rings is 1. The Kier molecular flexibility index (Phi) is 5.74. The van der Waals surface area contributed by atoms with E-state index in [2.05, 4.69) is 11.9 Å². The number of ether oxygens (including phenoxy) is 1. The fourth-order valence-electron chi connectivity index (χ4n) is 3.75. The van der Waals surface area contributed by atoms with Crippen LogP contribution in [-0.4, -0.2) is 54.1 Å². The molecule has 2 heterocycles. The van der Waals surface area contributed by atoms with Gasteiger partial charge in [0.05, 0.1) is 13.2 Å². The van der Waals surface area contributed by atoms with Crippen molar-refractivity contribution < 1.29 is 14.6 Å². The molecule has 1 fully saturated rings. The third-order valence-electron chi connectivity index (χ3n) is 5.13. The number of nitrogens with zero attached hydrogens (tertiary/aromatic N) is 2. The fraction of sp³-hybridized carbons (Fsp3) is 0.632. The summed E-state index contributed by atoms with van der Waals surface area (Å²) in [7, 11) is 2.16. The molecule has 0 radical (unpaired) electrons. The van der Waals surface area contributed by atoms with Crippen LogP contribution in [0.4, 0.5) is 0 Å². The highest BCUT2D eigenvalue weighted by atomic mass is 16.5. The molecule has 1 atom stereocenters. The molecule has 1 N–H and O–H groups in total. The first-order chi connectivity index (χ1) is 11.7. The lowest BCUT2D eigenvalue weighted by atomic mass is 9.93. The van der Waals surface area contributed by atoms with Crippen LogP contribution in [0.1, 0.15) is 36.8 Å². The van der Waals surface area contributed by atoms with Gasteiger partial charge in [-0.25, -0.2) is 0 Å². The third kappa shape index (κ3) is 4.28. The molecule has 24 heavy (non-hydrogen) atoms. The molecule has 0 bridgehead atoms. The van der Waals surface area contributed by atoms with Gasteiger partial charge in [-0.3, -0.25) is 4.79 Å². The van der Waals surface area contributed by atoms with E-state index in [1.165, 1.54) is 19.4 Å². The number of fused-ring (bicyclic) bond motifs is 1. The van der Waals surface area contributed by atoms with Crippen LogP contribution in [0.15, 0.2) is 18.2 Å². The summed E-state index contributed by atoms with van der Waals surface area (Å²) in [5, 5.41) is 9.31. The van der Waals surface area contributed by atoms with Gasteiger partial charge in [-0.2, -0.15) is 0 Å². The third-order valence-corrected chi connectivity index (χ3v) is 5.13. The van der Waals surface area contributed by atoms with Gasteiger partial charge >= 0.3 is 0 Å². The molecule has 5 heteroatoms. The minimum atomic E-state index is 0.0103. The standard InChI is InChI=1S/C19H28N2O3/c1-20-8-2-3-15(12-20)5-7-19(23)21-9-10-24-18-6-4-16(14-22)11-17(18)13-21/h4,6,11,15,22H,2-3,5,7-10,12-14H2,1H3/t15-/m0/s1. The Morgan fingerprint density at radius 3 is 3.04 bits per heavy atom. The van der Waals surface area contributed by atoms with Gasteiger partial charge < -0.3 is 19.6 Å². The number of rotatable bonds is 4. The zero-order valence-electron chi connectivity index (χ0n) is 14.5. The quantitative estimate of drug-likeness (QED) is 0.916. The van der Waals surface area contributed by atoms with Crippen molar-refractivity contribution in [3.8, 4) is 5.75 Å². The predicted molar refractivity (Wildman–Crippen MR) is 92.7 cm³/mol. The van der Waals surface area contributed by atoms with E-state index in [9.17, 15) is 9.90 Å². The van der Waals surface area contributed by atoms with E-state index in [1.807, 2.05) is 23.1 Å². The van der Waals surface area contributed by atoms with Crippen molar-refractivity contribution in [2.45, 2.75) is 38.8 Å². The molecule has 2 aliphatic rings. The van der Waals surface area contributed by atoms with E-state index in [0.717, 1.165) is 29.8 Å². The maximum atomic E-state index is 12.6. The van der Waals surface area contributed by atoms with Crippen molar-refractivity contribution in [2.24, 2.45) is 5.92 Å². The van der Waals surface area contributed by atoms with Crippen molar-refractivity contribution in [3.05, 3.63) is 29.3 Å². The van der Waals surface area contributed by atoms with Crippen LogP contribution >= 0.6 is 0 Å². The number of aliphatic hydroxyl groups excluding tert-OH is 1. The second-order valence-electron chi connectivity index (χ2n) is 7.07. The Morgan fingerprint density at radius 1 is 1.38 bits per heavy atom. The Bertz CT molecular complexity index is 576. The van der Waals surface area contributed by atoms with Gasteiger partial charge in [-0.1, -0.05) is 6.07 Å². The monoisotopic (exact) mass is 332 g/mol. The summed E-state index contributed by atoms with van der Waals surface area (Å²) in [4.78, 5) is 16.9. The first-order valence-corrected chi connectivity index (χ1v) is 8.97. The lowest BCUT2D eigenvalue weighted by Gasteiger charge is -2.30. The van der Waals surface area contributed by atoms with E-state index >= 15 is 0 Å². The summed E-state index contributed by atoms with van der Waals surface area (Å²) >= 11 is 0. The molecular formula is C19H28N2O3. The maximum absolute atomic E-state index is 12.6. The number of aliphatic hydroxyl groups is 1. The topological polar surface area (TPSA) is 53.0 Å². The second-order valence-corrected chi connectivity index (χ2v) is 7.07. The van der Waals surface area contributed by atoms with E-state index in [4.69, 9.17) is 4.74 Å². The SMILES string of the molecule is CN1CCC[C@@H](CCC(=O)N2CCOc3ccc(CO)cc3C2)C1. The fourth-order valence-corrected chi connectivity index (χ4v) is 3.75. The number of carbonyl (C=O) groups is 1. The molecule has 1 amide bonds. The Hall–Kier alpha value is -1.59. The van der Waals surface area contributed by atoms with Gasteiger partial charge in [0, 0.05) is 25.1 Å². The van der Waals surface area contributed by atoms with Gasteiger partial charge in [-0.05, 0) is 56.5 Å². The first-order valence-electron chi connectivity index (χ1n) is 8.97. The number of hydrogen-bond donors (Lipinski definition) is 1. The van der Waals surface area contributed by atoms with Crippen LogP contribution in [0.2, 0.25) is 0 Å². The van der Waals surface area contributed by atoms with Gasteiger partial charge in [0.15, 0.2) is 0 Å². The summed E-state index contributed by atoms with van der Waals surface area (Å²) in [6, 6.07) is 5.71. The molecule has 0 spiro atoms. The average molecular weight is 332 g/mol. The minimum Gasteiger partial charge on any atom is -0.491 e. The lowest BCUT2D eigenvalue weighted by molar-refractivity contribution is -0.132. The maximum Gasteiger partial charge on any atom is 0.222 e. The van der Waals surface area contributed by atoms with Crippen LogP contribution in [0.3, 0.4) is 0 Å². The van der Waals surface area contributed by atoms with E-state index in [-0.39, 0.29) is 12.5 Å². The zero-order chi connectivity index (χ0) is 16.9. The molecule has 2 aliphatic heterocycles. The van der Waals surface area contributed by atoms with Crippen molar-refractivity contribution in [1.82, 2.24) is 9.80 Å². The number of likely N-dealkylation sites (tertiary alicyclic amines) is 1. The molecular weight excluding hydrogens is 304 g/mol. The van der Waals surface area contributed by atoms with Gasteiger partial charge in [-0.15, -0.1) is 0 Å². The van der Waals surface area contributed by atoms with Crippen LogP contribution in [0.5, 0.6) is 5.75 Å². The molecule has 5 nitrogen and oxygen atoms in total. The van der Waals surface area contributed by atoms with E-state index < -0.39 is 0 Å². The largest absolute Gasteiger partial charge is 0.491 e. The van der Waals surface area contributed by atoms with Gasteiger partial charge in [0.1, 0.15) is 12.4 Å². The first kappa shape index (κ1) is 17.2. The van der Waals surface area contributed by atoms with Crippen molar-refractivity contribution >= 4 is 5.91 Å². The Labute approximate surface area is 144 Å². The molecule has 1 saturated heterocycles. The highest BCUT2D eigenvalue weighted by Crippen LogP contribution is 2.26. The second kappa shape index (κ2) is 7.99.